The summed E-state index contributed by atoms with van der Waals surface area (Å²) in [6.07, 6.45) is 4.49. The molecular formula is C11H18N4O. The van der Waals surface area contributed by atoms with E-state index >= 15 is 0 Å². The van der Waals surface area contributed by atoms with Crippen molar-refractivity contribution in [1.29, 1.82) is 0 Å². The van der Waals surface area contributed by atoms with Gasteiger partial charge in [0.05, 0.1) is 12.6 Å². The predicted octanol–water partition coefficient (Wildman–Crippen LogP) is -0.0611. The molecule has 0 spiro atoms. The first kappa shape index (κ1) is 11.3. The van der Waals surface area contributed by atoms with Crippen molar-refractivity contribution in [3.05, 3.63) is 18.1 Å². The van der Waals surface area contributed by atoms with E-state index in [-0.39, 0.29) is 12.6 Å². The topological polar surface area (TPSA) is 75.3 Å². The van der Waals surface area contributed by atoms with Crippen molar-refractivity contribution in [3.8, 4) is 0 Å². The third-order valence-corrected chi connectivity index (χ3v) is 2.99. The summed E-state index contributed by atoms with van der Waals surface area (Å²) in [6, 6.07) is 2.18. The Labute approximate surface area is 95.3 Å². The molecule has 0 unspecified atom stereocenters. The van der Waals surface area contributed by atoms with Crippen LogP contribution in [0.1, 0.15) is 18.5 Å². The maximum Gasteiger partial charge on any atom is 0.132 e. The lowest BCUT2D eigenvalue weighted by molar-refractivity contribution is 0.266. The molecule has 5 nitrogen and oxygen atoms in total. The summed E-state index contributed by atoms with van der Waals surface area (Å²) in [4.78, 5) is 10.6. The second kappa shape index (κ2) is 5.23. The van der Waals surface area contributed by atoms with Crippen LogP contribution >= 0.6 is 0 Å². The van der Waals surface area contributed by atoms with Crippen LogP contribution in [-0.2, 0) is 6.42 Å². The number of aliphatic hydroxyl groups excluding tert-OH is 1. The second-order valence-electron chi connectivity index (χ2n) is 4.08. The van der Waals surface area contributed by atoms with Crippen molar-refractivity contribution < 1.29 is 5.11 Å². The van der Waals surface area contributed by atoms with E-state index in [9.17, 15) is 5.11 Å². The zero-order valence-electron chi connectivity index (χ0n) is 9.34. The highest BCUT2D eigenvalue weighted by molar-refractivity contribution is 5.41. The summed E-state index contributed by atoms with van der Waals surface area (Å²) >= 11 is 0. The van der Waals surface area contributed by atoms with Crippen molar-refractivity contribution in [2.75, 3.05) is 24.6 Å². The number of hydrogen-bond acceptors (Lipinski definition) is 5. The summed E-state index contributed by atoms with van der Waals surface area (Å²) in [7, 11) is 0. The lowest BCUT2D eigenvalue weighted by atomic mass is 10.2. The molecule has 0 aromatic carbocycles. The number of anilines is 1. The van der Waals surface area contributed by atoms with Crippen LogP contribution < -0.4 is 10.6 Å². The van der Waals surface area contributed by atoms with Crippen LogP contribution in [0.4, 0.5) is 5.82 Å². The average molecular weight is 222 g/mol. The Morgan fingerprint density at radius 2 is 2.38 bits per heavy atom. The normalized spacial score (nSPS) is 20.4. The van der Waals surface area contributed by atoms with Crippen molar-refractivity contribution in [1.82, 2.24) is 9.97 Å². The standard InChI is InChI=1S/C11H18N4O/c12-4-3-9-6-11(14-8-13-9)15-5-1-2-10(15)7-16/h6,8,10,16H,1-5,7,12H2/t10-/m0/s1. The minimum Gasteiger partial charge on any atom is -0.394 e. The Balaban J connectivity index is 2.16. The number of hydrogen-bond donors (Lipinski definition) is 2. The van der Waals surface area contributed by atoms with Crippen molar-refractivity contribution in [2.24, 2.45) is 5.73 Å². The summed E-state index contributed by atoms with van der Waals surface area (Å²) in [5.74, 6) is 0.912. The van der Waals surface area contributed by atoms with E-state index in [4.69, 9.17) is 5.73 Å². The number of aromatic nitrogens is 2. The molecule has 5 heteroatoms. The first-order valence-corrected chi connectivity index (χ1v) is 5.73. The van der Waals surface area contributed by atoms with Gasteiger partial charge in [-0.15, -0.1) is 0 Å². The highest BCUT2D eigenvalue weighted by atomic mass is 16.3. The lowest BCUT2D eigenvalue weighted by Crippen LogP contribution is -2.32. The Morgan fingerprint density at radius 3 is 3.12 bits per heavy atom. The van der Waals surface area contributed by atoms with Gasteiger partial charge in [-0.05, 0) is 19.4 Å². The molecule has 1 saturated heterocycles. The zero-order chi connectivity index (χ0) is 11.4. The van der Waals surface area contributed by atoms with E-state index in [0.717, 1.165) is 37.3 Å². The molecule has 0 saturated carbocycles. The molecule has 0 aliphatic carbocycles. The highest BCUT2D eigenvalue weighted by Gasteiger charge is 2.24. The molecule has 1 aliphatic rings. The van der Waals surface area contributed by atoms with E-state index in [2.05, 4.69) is 14.9 Å². The fourth-order valence-corrected chi connectivity index (χ4v) is 2.15. The molecule has 1 aromatic heterocycles. The van der Waals surface area contributed by atoms with Gasteiger partial charge in [0.15, 0.2) is 0 Å². The lowest BCUT2D eigenvalue weighted by Gasteiger charge is -2.24. The van der Waals surface area contributed by atoms with Crippen LogP contribution in [0.5, 0.6) is 0 Å². The minimum atomic E-state index is 0.191. The Morgan fingerprint density at radius 1 is 1.50 bits per heavy atom. The maximum absolute atomic E-state index is 9.27. The molecule has 1 aromatic rings. The van der Waals surface area contributed by atoms with Crippen LogP contribution in [-0.4, -0.2) is 40.8 Å². The molecule has 16 heavy (non-hydrogen) atoms. The number of nitrogens with two attached hydrogens (primary N) is 1. The predicted molar refractivity (Wildman–Crippen MR) is 62.2 cm³/mol. The first-order chi connectivity index (χ1) is 7.85. The smallest absolute Gasteiger partial charge is 0.132 e. The number of aliphatic hydroxyl groups is 1. The van der Waals surface area contributed by atoms with E-state index in [0.29, 0.717) is 6.54 Å². The van der Waals surface area contributed by atoms with Gasteiger partial charge in [0.25, 0.3) is 0 Å². The molecule has 0 bridgehead atoms. The van der Waals surface area contributed by atoms with Crippen LogP contribution in [0.25, 0.3) is 0 Å². The summed E-state index contributed by atoms with van der Waals surface area (Å²) in [5.41, 5.74) is 6.47. The van der Waals surface area contributed by atoms with Gasteiger partial charge in [-0.25, -0.2) is 9.97 Å². The largest absolute Gasteiger partial charge is 0.394 e. The Hall–Kier alpha value is -1.20. The third kappa shape index (κ3) is 2.31. The highest BCUT2D eigenvalue weighted by Crippen LogP contribution is 2.23. The van der Waals surface area contributed by atoms with Gasteiger partial charge in [0, 0.05) is 24.7 Å². The van der Waals surface area contributed by atoms with Gasteiger partial charge < -0.3 is 15.7 Å². The third-order valence-electron chi connectivity index (χ3n) is 2.99. The van der Waals surface area contributed by atoms with Crippen LogP contribution in [0.15, 0.2) is 12.4 Å². The molecule has 2 rings (SSSR count). The van der Waals surface area contributed by atoms with Gasteiger partial charge in [-0.1, -0.05) is 0 Å². The van der Waals surface area contributed by atoms with Gasteiger partial charge >= 0.3 is 0 Å². The monoisotopic (exact) mass is 222 g/mol. The molecule has 0 radical (unpaired) electrons. The molecule has 3 N–H and O–H groups in total. The quantitative estimate of drug-likeness (QED) is 0.746. The van der Waals surface area contributed by atoms with Gasteiger partial charge in [0.2, 0.25) is 0 Å². The molecule has 1 atom stereocenters. The van der Waals surface area contributed by atoms with Gasteiger partial charge in [0.1, 0.15) is 12.1 Å². The SMILES string of the molecule is NCCc1cc(N2CCC[C@H]2CO)ncn1. The number of rotatable bonds is 4. The first-order valence-electron chi connectivity index (χ1n) is 5.73. The molecule has 1 fully saturated rings. The Bertz CT molecular complexity index is 345. The van der Waals surface area contributed by atoms with Crippen LogP contribution in [0.3, 0.4) is 0 Å². The van der Waals surface area contributed by atoms with E-state index in [1.54, 1.807) is 6.33 Å². The van der Waals surface area contributed by atoms with Crippen molar-refractivity contribution in [2.45, 2.75) is 25.3 Å². The van der Waals surface area contributed by atoms with E-state index in [1.807, 2.05) is 6.07 Å². The fraction of sp³-hybridized carbons (Fsp3) is 0.636. The van der Waals surface area contributed by atoms with Crippen LogP contribution in [0.2, 0.25) is 0 Å². The van der Waals surface area contributed by atoms with Gasteiger partial charge in [-0.2, -0.15) is 0 Å². The summed E-state index contributed by atoms with van der Waals surface area (Å²) < 4.78 is 0. The Kier molecular flexibility index (Phi) is 3.69. The van der Waals surface area contributed by atoms with Crippen molar-refractivity contribution in [3.63, 3.8) is 0 Å². The molecular weight excluding hydrogens is 204 g/mol. The zero-order valence-corrected chi connectivity index (χ0v) is 9.34. The molecule has 88 valence electrons. The fourth-order valence-electron chi connectivity index (χ4n) is 2.15. The number of nitrogens with zero attached hydrogens (tertiary/aromatic N) is 3. The maximum atomic E-state index is 9.27. The average Bonchev–Trinajstić information content (AvgIpc) is 2.78. The molecule has 1 aliphatic heterocycles. The van der Waals surface area contributed by atoms with E-state index in [1.165, 1.54) is 0 Å². The van der Waals surface area contributed by atoms with Crippen LogP contribution in [0, 0.1) is 0 Å². The second-order valence-corrected chi connectivity index (χ2v) is 4.08. The van der Waals surface area contributed by atoms with E-state index < -0.39 is 0 Å². The molecule has 0 amide bonds. The van der Waals surface area contributed by atoms with Gasteiger partial charge in [-0.3, -0.25) is 0 Å². The molecule has 2 heterocycles. The van der Waals surface area contributed by atoms with Crippen molar-refractivity contribution >= 4 is 5.82 Å². The minimum absolute atomic E-state index is 0.191. The summed E-state index contributed by atoms with van der Waals surface area (Å²) in [5, 5.41) is 9.27. The summed E-state index contributed by atoms with van der Waals surface area (Å²) in [6.45, 7) is 1.75.